The van der Waals surface area contributed by atoms with Gasteiger partial charge >= 0.3 is 0 Å². The first kappa shape index (κ1) is 12.5. The lowest BCUT2D eigenvalue weighted by Gasteiger charge is -2.35. The first-order chi connectivity index (χ1) is 8.19. The molecule has 1 saturated heterocycles. The molecule has 2 heterocycles. The van der Waals surface area contributed by atoms with Crippen molar-refractivity contribution in [1.82, 2.24) is 9.88 Å². The minimum atomic E-state index is 0.469. The summed E-state index contributed by atoms with van der Waals surface area (Å²) >= 11 is 5.92. The van der Waals surface area contributed by atoms with Crippen molar-refractivity contribution in [2.75, 3.05) is 43.4 Å². The molecule has 0 aromatic carbocycles. The highest BCUT2D eigenvalue weighted by Gasteiger charge is 2.17. The zero-order valence-electron chi connectivity index (χ0n) is 10.2. The van der Waals surface area contributed by atoms with Gasteiger partial charge in [0.15, 0.2) is 0 Å². The van der Waals surface area contributed by atoms with Gasteiger partial charge in [0.2, 0.25) is 0 Å². The summed E-state index contributed by atoms with van der Waals surface area (Å²) in [5.41, 5.74) is 6.46. The molecule has 0 bridgehead atoms. The summed E-state index contributed by atoms with van der Waals surface area (Å²) in [7, 11) is 0. The number of rotatable bonds is 3. The number of aromatic nitrogens is 1. The third-order valence-electron chi connectivity index (χ3n) is 3.04. The zero-order chi connectivity index (χ0) is 12.3. The van der Waals surface area contributed by atoms with Crippen LogP contribution in [0.15, 0.2) is 12.1 Å². The lowest BCUT2D eigenvalue weighted by Crippen LogP contribution is -2.46. The van der Waals surface area contributed by atoms with Crippen molar-refractivity contribution in [1.29, 1.82) is 0 Å². The van der Waals surface area contributed by atoms with Crippen LogP contribution in [0.25, 0.3) is 0 Å². The van der Waals surface area contributed by atoms with Gasteiger partial charge in [-0.2, -0.15) is 0 Å². The van der Waals surface area contributed by atoms with E-state index in [9.17, 15) is 0 Å². The number of anilines is 2. The minimum absolute atomic E-state index is 0.469. The van der Waals surface area contributed by atoms with Crippen molar-refractivity contribution in [2.45, 2.75) is 13.3 Å². The molecule has 0 atom stereocenters. The molecule has 1 aromatic heterocycles. The highest BCUT2D eigenvalue weighted by atomic mass is 35.5. The van der Waals surface area contributed by atoms with Crippen LogP contribution in [0.1, 0.15) is 13.3 Å². The van der Waals surface area contributed by atoms with Gasteiger partial charge in [-0.3, -0.25) is 4.90 Å². The molecule has 2 N–H and O–H groups in total. The van der Waals surface area contributed by atoms with Gasteiger partial charge in [-0.15, -0.1) is 0 Å². The fraction of sp³-hybridized carbons (Fsp3) is 0.583. The molecular weight excluding hydrogens is 236 g/mol. The van der Waals surface area contributed by atoms with Crippen molar-refractivity contribution in [3.05, 3.63) is 17.3 Å². The Morgan fingerprint density at radius 2 is 2.00 bits per heavy atom. The fourth-order valence-corrected chi connectivity index (χ4v) is 2.39. The van der Waals surface area contributed by atoms with E-state index in [4.69, 9.17) is 17.3 Å². The number of nitrogens with zero attached hydrogens (tertiary/aromatic N) is 3. The van der Waals surface area contributed by atoms with Crippen LogP contribution in [-0.2, 0) is 0 Å². The predicted molar refractivity (Wildman–Crippen MR) is 72.6 cm³/mol. The van der Waals surface area contributed by atoms with Crippen molar-refractivity contribution >= 4 is 23.1 Å². The first-order valence-corrected chi connectivity index (χ1v) is 6.47. The van der Waals surface area contributed by atoms with Crippen LogP contribution in [-0.4, -0.2) is 42.6 Å². The van der Waals surface area contributed by atoms with E-state index in [2.05, 4.69) is 21.7 Å². The fourth-order valence-electron chi connectivity index (χ4n) is 2.18. The molecule has 0 saturated carbocycles. The third-order valence-corrected chi connectivity index (χ3v) is 3.23. The average molecular weight is 255 g/mol. The second-order valence-electron chi connectivity index (χ2n) is 4.41. The quantitative estimate of drug-likeness (QED) is 0.837. The molecule has 1 aliphatic rings. The molecule has 0 spiro atoms. The SMILES string of the molecule is CCCN1CCN(c2cc(N)cc(Cl)n2)CC1. The van der Waals surface area contributed by atoms with Crippen LogP contribution in [0, 0.1) is 0 Å². The van der Waals surface area contributed by atoms with E-state index >= 15 is 0 Å². The lowest BCUT2D eigenvalue weighted by atomic mass is 10.3. The molecule has 0 radical (unpaired) electrons. The van der Waals surface area contributed by atoms with Crippen LogP contribution >= 0.6 is 11.6 Å². The Bertz CT molecular complexity index is 355. The summed E-state index contributed by atoms with van der Waals surface area (Å²) in [6.45, 7) is 7.55. The molecule has 5 heteroatoms. The van der Waals surface area contributed by atoms with Crippen molar-refractivity contribution in [2.24, 2.45) is 0 Å². The Morgan fingerprint density at radius 3 is 2.59 bits per heavy atom. The third kappa shape index (κ3) is 3.23. The summed E-state index contributed by atoms with van der Waals surface area (Å²) in [6, 6.07) is 3.57. The molecule has 0 unspecified atom stereocenters. The van der Waals surface area contributed by atoms with Crippen molar-refractivity contribution < 1.29 is 0 Å². The molecular formula is C12H19ClN4. The van der Waals surface area contributed by atoms with Crippen LogP contribution in [0.3, 0.4) is 0 Å². The number of hydrogen-bond acceptors (Lipinski definition) is 4. The van der Waals surface area contributed by atoms with Crippen LogP contribution < -0.4 is 10.6 Å². The maximum absolute atomic E-state index is 5.92. The smallest absolute Gasteiger partial charge is 0.133 e. The first-order valence-electron chi connectivity index (χ1n) is 6.09. The van der Waals surface area contributed by atoms with Gasteiger partial charge in [-0.1, -0.05) is 18.5 Å². The van der Waals surface area contributed by atoms with Crippen LogP contribution in [0.5, 0.6) is 0 Å². The minimum Gasteiger partial charge on any atom is -0.399 e. The number of pyridine rings is 1. The standard InChI is InChI=1S/C12H19ClN4/c1-2-3-16-4-6-17(7-5-16)12-9-10(14)8-11(13)15-12/h8-9H,2-7H2,1H3,(H2,14,15). The Kier molecular flexibility index (Phi) is 4.07. The van der Waals surface area contributed by atoms with Crippen molar-refractivity contribution in [3.8, 4) is 0 Å². The van der Waals surface area contributed by atoms with E-state index in [1.807, 2.05) is 6.07 Å². The summed E-state index contributed by atoms with van der Waals surface area (Å²) in [5, 5.41) is 0.469. The zero-order valence-corrected chi connectivity index (χ0v) is 11.0. The van der Waals surface area contributed by atoms with Gasteiger partial charge in [-0.25, -0.2) is 4.98 Å². The Morgan fingerprint density at radius 1 is 1.29 bits per heavy atom. The topological polar surface area (TPSA) is 45.4 Å². The van der Waals surface area contributed by atoms with E-state index < -0.39 is 0 Å². The van der Waals surface area contributed by atoms with Crippen molar-refractivity contribution in [3.63, 3.8) is 0 Å². The number of nitrogen functional groups attached to an aromatic ring is 1. The lowest BCUT2D eigenvalue weighted by molar-refractivity contribution is 0.258. The van der Waals surface area contributed by atoms with Gasteiger partial charge in [0, 0.05) is 37.9 Å². The maximum Gasteiger partial charge on any atom is 0.133 e. The largest absolute Gasteiger partial charge is 0.399 e. The van der Waals surface area contributed by atoms with Gasteiger partial charge in [0.25, 0.3) is 0 Å². The molecule has 1 fully saturated rings. The maximum atomic E-state index is 5.92. The van der Waals surface area contributed by atoms with Gasteiger partial charge in [0.05, 0.1) is 0 Å². The molecule has 0 amide bonds. The summed E-state index contributed by atoms with van der Waals surface area (Å²) in [4.78, 5) is 9.04. The van der Waals surface area contributed by atoms with E-state index in [0.717, 1.165) is 32.0 Å². The molecule has 1 aliphatic heterocycles. The molecule has 0 aliphatic carbocycles. The highest BCUT2D eigenvalue weighted by Crippen LogP contribution is 2.20. The van der Waals surface area contributed by atoms with E-state index in [1.54, 1.807) is 6.07 Å². The summed E-state index contributed by atoms with van der Waals surface area (Å²) < 4.78 is 0. The Labute approximate surface area is 107 Å². The average Bonchev–Trinajstić information content (AvgIpc) is 2.29. The molecule has 94 valence electrons. The van der Waals surface area contributed by atoms with E-state index in [1.165, 1.54) is 13.0 Å². The van der Waals surface area contributed by atoms with E-state index in [0.29, 0.717) is 10.8 Å². The van der Waals surface area contributed by atoms with Gasteiger partial charge < -0.3 is 10.6 Å². The van der Waals surface area contributed by atoms with Gasteiger partial charge in [0.1, 0.15) is 11.0 Å². The van der Waals surface area contributed by atoms with Crippen LogP contribution in [0.2, 0.25) is 5.15 Å². The van der Waals surface area contributed by atoms with Crippen LogP contribution in [0.4, 0.5) is 11.5 Å². The number of halogens is 1. The second kappa shape index (κ2) is 5.56. The molecule has 17 heavy (non-hydrogen) atoms. The monoisotopic (exact) mass is 254 g/mol. The highest BCUT2D eigenvalue weighted by molar-refractivity contribution is 6.29. The van der Waals surface area contributed by atoms with Gasteiger partial charge in [-0.05, 0) is 19.0 Å². The molecule has 1 aromatic rings. The second-order valence-corrected chi connectivity index (χ2v) is 4.80. The number of hydrogen-bond donors (Lipinski definition) is 1. The molecule has 4 nitrogen and oxygen atoms in total. The predicted octanol–water partition coefficient (Wildman–Crippen LogP) is 1.85. The molecule has 2 rings (SSSR count). The summed E-state index contributed by atoms with van der Waals surface area (Å²) in [5.74, 6) is 0.895. The number of nitrogens with two attached hydrogens (primary N) is 1. The summed E-state index contributed by atoms with van der Waals surface area (Å²) in [6.07, 6.45) is 1.21. The Balaban J connectivity index is 2.00. The normalized spacial score (nSPS) is 17.4. The Hall–Kier alpha value is -1.00. The van der Waals surface area contributed by atoms with E-state index in [-0.39, 0.29) is 0 Å². The number of piperazine rings is 1.